The largest absolute Gasteiger partial charge is 0.387 e. The Kier molecular flexibility index (Phi) is 4.18. The van der Waals surface area contributed by atoms with Crippen molar-refractivity contribution in [2.75, 3.05) is 6.54 Å². The molecule has 0 bridgehead atoms. The van der Waals surface area contributed by atoms with Gasteiger partial charge in [-0.25, -0.2) is 0 Å². The van der Waals surface area contributed by atoms with Gasteiger partial charge in [0.1, 0.15) is 0 Å². The summed E-state index contributed by atoms with van der Waals surface area (Å²) in [6, 6.07) is 0. The molecule has 15 heavy (non-hydrogen) atoms. The third-order valence-corrected chi connectivity index (χ3v) is 3.40. The number of aliphatic imine (C=N–C) groups is 1. The Morgan fingerprint density at radius 2 is 1.87 bits per heavy atom. The molecule has 0 heterocycles. The van der Waals surface area contributed by atoms with Gasteiger partial charge in [-0.15, -0.1) is 0 Å². The summed E-state index contributed by atoms with van der Waals surface area (Å²) >= 11 is 0. The molecule has 1 fully saturated rings. The lowest BCUT2D eigenvalue weighted by atomic mass is 9.73. The lowest BCUT2D eigenvalue weighted by Crippen LogP contribution is -2.31. The van der Waals surface area contributed by atoms with Crippen molar-refractivity contribution in [1.82, 2.24) is 0 Å². The quantitative estimate of drug-likeness (QED) is 0.564. The average molecular weight is 210 g/mol. The van der Waals surface area contributed by atoms with E-state index in [2.05, 4.69) is 32.7 Å². The van der Waals surface area contributed by atoms with Crippen LogP contribution in [-0.2, 0) is 0 Å². The number of rotatable bonds is 3. The number of hydrogen-bond donors (Lipinski definition) is 1. The van der Waals surface area contributed by atoms with Gasteiger partial charge in [-0.05, 0) is 37.0 Å². The fourth-order valence-electron chi connectivity index (χ4n) is 2.11. The van der Waals surface area contributed by atoms with Gasteiger partial charge in [0, 0.05) is 12.5 Å². The molecule has 88 valence electrons. The number of nitrogens with two attached hydrogens (primary N) is 1. The first kappa shape index (κ1) is 12.5. The standard InChI is InChI=1S/C13H26N2/c1-10(2)9-15-12(14)11-5-7-13(3,4)8-6-11/h10-11H,5-9H2,1-4H3,(H2,14,15). The van der Waals surface area contributed by atoms with E-state index in [4.69, 9.17) is 5.73 Å². The zero-order valence-electron chi connectivity index (χ0n) is 10.7. The normalized spacial score (nSPS) is 23.4. The molecular formula is C13H26N2. The van der Waals surface area contributed by atoms with Gasteiger partial charge in [0.15, 0.2) is 0 Å². The van der Waals surface area contributed by atoms with Crippen molar-refractivity contribution in [3.8, 4) is 0 Å². The van der Waals surface area contributed by atoms with Gasteiger partial charge in [-0.2, -0.15) is 0 Å². The highest BCUT2D eigenvalue weighted by molar-refractivity contribution is 5.82. The van der Waals surface area contributed by atoms with Gasteiger partial charge < -0.3 is 5.73 Å². The molecule has 2 nitrogen and oxygen atoms in total. The molecule has 0 aromatic heterocycles. The van der Waals surface area contributed by atoms with Crippen LogP contribution in [0.3, 0.4) is 0 Å². The fraction of sp³-hybridized carbons (Fsp3) is 0.923. The van der Waals surface area contributed by atoms with Crippen molar-refractivity contribution < 1.29 is 0 Å². The van der Waals surface area contributed by atoms with Gasteiger partial charge in [-0.3, -0.25) is 4.99 Å². The molecule has 1 aliphatic carbocycles. The molecule has 0 amide bonds. The molecule has 2 heteroatoms. The van der Waals surface area contributed by atoms with Crippen molar-refractivity contribution in [2.24, 2.45) is 28.0 Å². The molecule has 0 aromatic carbocycles. The minimum Gasteiger partial charge on any atom is -0.387 e. The first-order valence-electron chi connectivity index (χ1n) is 6.20. The third-order valence-electron chi connectivity index (χ3n) is 3.40. The van der Waals surface area contributed by atoms with Crippen molar-refractivity contribution in [3.63, 3.8) is 0 Å². The Labute approximate surface area is 94.3 Å². The second kappa shape index (κ2) is 5.00. The smallest absolute Gasteiger partial charge is 0.0968 e. The van der Waals surface area contributed by atoms with Crippen LogP contribution >= 0.6 is 0 Å². The molecule has 0 aromatic rings. The molecule has 2 N–H and O–H groups in total. The summed E-state index contributed by atoms with van der Waals surface area (Å²) in [5.74, 6) is 2.07. The number of nitrogens with zero attached hydrogens (tertiary/aromatic N) is 1. The van der Waals surface area contributed by atoms with Crippen LogP contribution in [0.2, 0.25) is 0 Å². The summed E-state index contributed by atoms with van der Waals surface area (Å²) in [7, 11) is 0. The van der Waals surface area contributed by atoms with E-state index in [0.717, 1.165) is 12.4 Å². The average Bonchev–Trinajstić information content (AvgIpc) is 2.14. The maximum atomic E-state index is 6.04. The summed E-state index contributed by atoms with van der Waals surface area (Å²) in [6.45, 7) is 9.95. The van der Waals surface area contributed by atoms with E-state index in [1.807, 2.05) is 0 Å². The molecule has 0 radical (unpaired) electrons. The SMILES string of the molecule is CC(C)CN=C(N)C1CCC(C)(C)CC1. The Morgan fingerprint density at radius 3 is 2.33 bits per heavy atom. The minimum absolute atomic E-state index is 0.523. The first-order valence-corrected chi connectivity index (χ1v) is 6.20. The zero-order valence-corrected chi connectivity index (χ0v) is 10.7. The molecule has 0 atom stereocenters. The van der Waals surface area contributed by atoms with Crippen LogP contribution < -0.4 is 5.73 Å². The second-order valence-corrected chi connectivity index (χ2v) is 6.10. The van der Waals surface area contributed by atoms with Gasteiger partial charge in [-0.1, -0.05) is 27.7 Å². The lowest BCUT2D eigenvalue weighted by molar-refractivity contribution is 0.220. The summed E-state index contributed by atoms with van der Waals surface area (Å²) < 4.78 is 0. The molecule has 1 saturated carbocycles. The van der Waals surface area contributed by atoms with Crippen LogP contribution in [0, 0.1) is 17.3 Å². The molecule has 0 aliphatic heterocycles. The van der Waals surface area contributed by atoms with E-state index in [0.29, 0.717) is 17.3 Å². The van der Waals surface area contributed by atoms with Crippen LogP contribution in [0.25, 0.3) is 0 Å². The maximum Gasteiger partial charge on any atom is 0.0968 e. The Bertz CT molecular complexity index is 219. The van der Waals surface area contributed by atoms with Crippen molar-refractivity contribution in [2.45, 2.75) is 53.4 Å². The highest BCUT2D eigenvalue weighted by atomic mass is 14.9. The molecule has 0 spiro atoms. The predicted octanol–water partition coefficient (Wildman–Crippen LogP) is 3.22. The summed E-state index contributed by atoms with van der Waals surface area (Å²) in [5, 5.41) is 0. The van der Waals surface area contributed by atoms with Crippen molar-refractivity contribution >= 4 is 5.84 Å². The fourth-order valence-corrected chi connectivity index (χ4v) is 2.11. The summed E-state index contributed by atoms with van der Waals surface area (Å²) in [4.78, 5) is 4.49. The Balaban J connectivity index is 2.42. The van der Waals surface area contributed by atoms with E-state index in [1.54, 1.807) is 0 Å². The summed E-state index contributed by atoms with van der Waals surface area (Å²) in [5.41, 5.74) is 6.56. The Morgan fingerprint density at radius 1 is 1.33 bits per heavy atom. The molecule has 0 unspecified atom stereocenters. The van der Waals surface area contributed by atoms with E-state index >= 15 is 0 Å². The van der Waals surface area contributed by atoms with E-state index in [-0.39, 0.29) is 0 Å². The van der Waals surface area contributed by atoms with Crippen LogP contribution in [0.4, 0.5) is 0 Å². The van der Waals surface area contributed by atoms with Crippen LogP contribution in [0.1, 0.15) is 53.4 Å². The maximum absolute atomic E-state index is 6.04. The zero-order chi connectivity index (χ0) is 11.5. The predicted molar refractivity (Wildman–Crippen MR) is 67.1 cm³/mol. The third kappa shape index (κ3) is 4.23. The molecule has 0 saturated heterocycles. The second-order valence-electron chi connectivity index (χ2n) is 6.10. The minimum atomic E-state index is 0.523. The summed E-state index contributed by atoms with van der Waals surface area (Å²) in [6.07, 6.45) is 5.02. The first-order chi connectivity index (χ1) is 6.91. The van der Waals surface area contributed by atoms with E-state index < -0.39 is 0 Å². The van der Waals surface area contributed by atoms with Crippen molar-refractivity contribution in [3.05, 3.63) is 0 Å². The monoisotopic (exact) mass is 210 g/mol. The molecule has 1 aliphatic rings. The number of hydrogen-bond acceptors (Lipinski definition) is 1. The molecule has 1 rings (SSSR count). The van der Waals surface area contributed by atoms with Crippen LogP contribution in [0.15, 0.2) is 4.99 Å². The highest BCUT2D eigenvalue weighted by Crippen LogP contribution is 2.37. The van der Waals surface area contributed by atoms with Crippen LogP contribution in [-0.4, -0.2) is 12.4 Å². The van der Waals surface area contributed by atoms with E-state index in [9.17, 15) is 0 Å². The van der Waals surface area contributed by atoms with Gasteiger partial charge >= 0.3 is 0 Å². The highest BCUT2D eigenvalue weighted by Gasteiger charge is 2.28. The van der Waals surface area contributed by atoms with E-state index in [1.165, 1.54) is 25.7 Å². The van der Waals surface area contributed by atoms with Gasteiger partial charge in [0.2, 0.25) is 0 Å². The van der Waals surface area contributed by atoms with Gasteiger partial charge in [0.05, 0.1) is 5.84 Å². The van der Waals surface area contributed by atoms with Gasteiger partial charge in [0.25, 0.3) is 0 Å². The van der Waals surface area contributed by atoms with Crippen LogP contribution in [0.5, 0.6) is 0 Å². The Hall–Kier alpha value is -0.530. The molecular weight excluding hydrogens is 184 g/mol. The lowest BCUT2D eigenvalue weighted by Gasteiger charge is -2.34. The topological polar surface area (TPSA) is 38.4 Å². The van der Waals surface area contributed by atoms with Crippen molar-refractivity contribution in [1.29, 1.82) is 0 Å². The number of amidine groups is 1.